The second kappa shape index (κ2) is 6.93. The number of nitrogens with zero attached hydrogens (tertiary/aromatic N) is 1. The molecule has 0 spiro atoms. The minimum Gasteiger partial charge on any atom is -0.466 e. The van der Waals surface area contributed by atoms with Crippen LogP contribution in [-0.2, 0) is 14.3 Å². The zero-order valence-corrected chi connectivity index (χ0v) is 10.9. The average molecular weight is 245 g/mol. The number of ether oxygens (including phenoxy) is 2. The number of esters is 1. The maximum Gasteiger partial charge on any atom is 0.308 e. The van der Waals surface area contributed by atoms with Crippen LogP contribution >= 0.6 is 0 Å². The molecule has 0 aromatic heterocycles. The van der Waals surface area contributed by atoms with Crippen molar-refractivity contribution >= 4 is 5.97 Å². The van der Waals surface area contributed by atoms with E-state index in [4.69, 9.17) is 9.47 Å². The van der Waals surface area contributed by atoms with Gasteiger partial charge in [0.25, 0.3) is 0 Å². The fraction of sp³-hybridized carbons (Fsp3) is 0.917. The highest BCUT2D eigenvalue weighted by atomic mass is 16.5. The third-order valence-electron chi connectivity index (χ3n) is 3.11. The summed E-state index contributed by atoms with van der Waals surface area (Å²) in [4.78, 5) is 13.3. The maximum atomic E-state index is 11.2. The van der Waals surface area contributed by atoms with Gasteiger partial charge in [0, 0.05) is 19.2 Å². The molecule has 5 nitrogen and oxygen atoms in total. The number of carbonyl (C=O) groups is 1. The summed E-state index contributed by atoms with van der Waals surface area (Å²) in [6.45, 7) is 5.38. The van der Waals surface area contributed by atoms with Gasteiger partial charge in [0.1, 0.15) is 0 Å². The van der Waals surface area contributed by atoms with Crippen molar-refractivity contribution in [2.24, 2.45) is 0 Å². The molecule has 17 heavy (non-hydrogen) atoms. The van der Waals surface area contributed by atoms with Crippen LogP contribution in [0.3, 0.4) is 0 Å². The largest absolute Gasteiger partial charge is 0.466 e. The van der Waals surface area contributed by atoms with Crippen molar-refractivity contribution in [1.82, 2.24) is 4.90 Å². The maximum absolute atomic E-state index is 11.2. The van der Waals surface area contributed by atoms with E-state index < -0.39 is 6.10 Å². The summed E-state index contributed by atoms with van der Waals surface area (Å²) in [6, 6.07) is 0.326. The molecule has 3 unspecified atom stereocenters. The Labute approximate surface area is 103 Å². The Hall–Kier alpha value is -0.650. The van der Waals surface area contributed by atoms with Gasteiger partial charge in [-0.3, -0.25) is 9.69 Å². The summed E-state index contributed by atoms with van der Waals surface area (Å²) < 4.78 is 10.3. The first-order chi connectivity index (χ1) is 8.04. The standard InChI is InChI=1S/C12H23NO4/c1-4-16-12(15)7-10(14)8-13(3)11-5-6-17-9(11)2/h9-11,14H,4-8H2,1-3H3. The van der Waals surface area contributed by atoms with Crippen LogP contribution in [0, 0.1) is 0 Å². The first kappa shape index (κ1) is 14.4. The molecular weight excluding hydrogens is 222 g/mol. The molecule has 1 heterocycles. The van der Waals surface area contributed by atoms with Gasteiger partial charge in [-0.05, 0) is 27.3 Å². The van der Waals surface area contributed by atoms with Crippen molar-refractivity contribution in [3.63, 3.8) is 0 Å². The topological polar surface area (TPSA) is 59.0 Å². The van der Waals surface area contributed by atoms with E-state index >= 15 is 0 Å². The van der Waals surface area contributed by atoms with Crippen LogP contribution < -0.4 is 0 Å². The molecule has 1 N–H and O–H groups in total. The van der Waals surface area contributed by atoms with E-state index in [9.17, 15) is 9.90 Å². The van der Waals surface area contributed by atoms with Gasteiger partial charge < -0.3 is 14.6 Å². The molecule has 3 atom stereocenters. The van der Waals surface area contributed by atoms with Crippen molar-refractivity contribution in [2.45, 2.75) is 44.9 Å². The molecule has 0 saturated carbocycles. The summed E-state index contributed by atoms with van der Waals surface area (Å²) in [5.74, 6) is -0.343. The average Bonchev–Trinajstić information content (AvgIpc) is 2.64. The number of aliphatic hydroxyl groups is 1. The van der Waals surface area contributed by atoms with Crippen LogP contribution in [0.4, 0.5) is 0 Å². The summed E-state index contributed by atoms with van der Waals surface area (Å²) in [6.07, 6.45) is 0.547. The van der Waals surface area contributed by atoms with Crippen LogP contribution in [-0.4, -0.2) is 61.0 Å². The van der Waals surface area contributed by atoms with Crippen molar-refractivity contribution in [1.29, 1.82) is 0 Å². The van der Waals surface area contributed by atoms with Crippen LogP contribution in [0.5, 0.6) is 0 Å². The van der Waals surface area contributed by atoms with Gasteiger partial charge in [-0.25, -0.2) is 0 Å². The second-order valence-corrected chi connectivity index (χ2v) is 4.53. The summed E-state index contributed by atoms with van der Waals surface area (Å²) >= 11 is 0. The summed E-state index contributed by atoms with van der Waals surface area (Å²) in [7, 11) is 1.95. The molecule has 0 radical (unpaired) electrons. The number of rotatable bonds is 6. The number of aliphatic hydroxyl groups excluding tert-OH is 1. The zero-order chi connectivity index (χ0) is 12.8. The van der Waals surface area contributed by atoms with Gasteiger partial charge in [-0.15, -0.1) is 0 Å². The SMILES string of the molecule is CCOC(=O)CC(O)CN(C)C1CCOC1C. The summed E-state index contributed by atoms with van der Waals surface area (Å²) in [5, 5.41) is 9.78. The van der Waals surface area contributed by atoms with E-state index in [-0.39, 0.29) is 18.5 Å². The van der Waals surface area contributed by atoms with Gasteiger partial charge in [0.2, 0.25) is 0 Å². The highest BCUT2D eigenvalue weighted by Gasteiger charge is 2.29. The van der Waals surface area contributed by atoms with Crippen LogP contribution in [0.15, 0.2) is 0 Å². The first-order valence-electron chi connectivity index (χ1n) is 6.20. The van der Waals surface area contributed by atoms with Crippen LogP contribution in [0.2, 0.25) is 0 Å². The Morgan fingerprint density at radius 3 is 2.88 bits per heavy atom. The molecule has 1 saturated heterocycles. The lowest BCUT2D eigenvalue weighted by Gasteiger charge is -2.28. The molecular formula is C12H23NO4. The predicted molar refractivity (Wildman–Crippen MR) is 63.7 cm³/mol. The Balaban J connectivity index is 2.29. The van der Waals surface area contributed by atoms with E-state index in [1.807, 2.05) is 14.0 Å². The van der Waals surface area contributed by atoms with Gasteiger partial charge >= 0.3 is 5.97 Å². The van der Waals surface area contributed by atoms with E-state index in [1.165, 1.54) is 0 Å². The molecule has 1 aliphatic heterocycles. The zero-order valence-electron chi connectivity index (χ0n) is 10.9. The second-order valence-electron chi connectivity index (χ2n) is 4.53. The molecule has 5 heteroatoms. The molecule has 100 valence electrons. The van der Waals surface area contributed by atoms with Crippen LogP contribution in [0.25, 0.3) is 0 Å². The predicted octanol–water partition coefficient (Wildman–Crippen LogP) is 0.410. The molecule has 1 aliphatic rings. The third kappa shape index (κ3) is 4.61. The number of likely N-dealkylation sites (N-methyl/N-ethyl adjacent to an activating group) is 1. The van der Waals surface area contributed by atoms with E-state index in [1.54, 1.807) is 6.92 Å². The van der Waals surface area contributed by atoms with Gasteiger partial charge in [-0.1, -0.05) is 0 Å². The highest BCUT2D eigenvalue weighted by molar-refractivity contribution is 5.69. The molecule has 1 rings (SSSR count). The molecule has 0 amide bonds. The van der Waals surface area contributed by atoms with E-state index in [0.29, 0.717) is 19.2 Å². The van der Waals surface area contributed by atoms with E-state index in [0.717, 1.165) is 13.0 Å². The van der Waals surface area contributed by atoms with Gasteiger partial charge in [-0.2, -0.15) is 0 Å². The van der Waals surface area contributed by atoms with E-state index in [2.05, 4.69) is 4.90 Å². The summed E-state index contributed by atoms with van der Waals surface area (Å²) in [5.41, 5.74) is 0. The van der Waals surface area contributed by atoms with Crippen molar-refractivity contribution in [3.05, 3.63) is 0 Å². The normalized spacial score (nSPS) is 26.2. The van der Waals surface area contributed by atoms with Gasteiger partial charge in [0.05, 0.1) is 25.2 Å². The van der Waals surface area contributed by atoms with Crippen molar-refractivity contribution < 1.29 is 19.4 Å². The Bertz CT molecular complexity index is 247. The fourth-order valence-corrected chi connectivity index (χ4v) is 2.24. The van der Waals surface area contributed by atoms with Gasteiger partial charge in [0.15, 0.2) is 0 Å². The number of hydrogen-bond acceptors (Lipinski definition) is 5. The lowest BCUT2D eigenvalue weighted by molar-refractivity contribution is -0.145. The van der Waals surface area contributed by atoms with Crippen molar-refractivity contribution in [3.8, 4) is 0 Å². The Morgan fingerprint density at radius 2 is 2.35 bits per heavy atom. The lowest BCUT2D eigenvalue weighted by atomic mass is 10.1. The third-order valence-corrected chi connectivity index (χ3v) is 3.11. The number of carbonyl (C=O) groups excluding carboxylic acids is 1. The molecule has 0 aliphatic carbocycles. The number of hydrogen-bond donors (Lipinski definition) is 1. The molecule has 0 aromatic carbocycles. The monoisotopic (exact) mass is 245 g/mol. The molecule has 1 fully saturated rings. The fourth-order valence-electron chi connectivity index (χ4n) is 2.24. The Morgan fingerprint density at radius 1 is 1.65 bits per heavy atom. The minimum atomic E-state index is -0.674. The molecule has 0 aromatic rings. The quantitative estimate of drug-likeness (QED) is 0.687. The lowest BCUT2D eigenvalue weighted by Crippen LogP contribution is -2.41. The first-order valence-corrected chi connectivity index (χ1v) is 6.20. The van der Waals surface area contributed by atoms with Crippen molar-refractivity contribution in [2.75, 3.05) is 26.8 Å². The highest BCUT2D eigenvalue weighted by Crippen LogP contribution is 2.18. The minimum absolute atomic E-state index is 0.0557. The smallest absolute Gasteiger partial charge is 0.308 e. The molecule has 0 bridgehead atoms. The van der Waals surface area contributed by atoms with Crippen LogP contribution in [0.1, 0.15) is 26.7 Å². The Kier molecular flexibility index (Phi) is 5.88.